The Morgan fingerprint density at radius 1 is 1.06 bits per heavy atom. The normalized spacial score (nSPS) is 14.0. The summed E-state index contributed by atoms with van der Waals surface area (Å²) in [5, 5.41) is 0.687. The second-order valence-electron chi connectivity index (χ2n) is 4.44. The van der Waals surface area contributed by atoms with Gasteiger partial charge in [0.05, 0.1) is 12.6 Å². The van der Waals surface area contributed by atoms with Crippen LogP contribution in [0.3, 0.4) is 0 Å². The van der Waals surface area contributed by atoms with E-state index in [1.54, 1.807) is 7.11 Å². The van der Waals surface area contributed by atoms with E-state index in [1.807, 2.05) is 55.5 Å². The van der Waals surface area contributed by atoms with Crippen LogP contribution in [0.4, 0.5) is 0 Å². The molecule has 2 aromatic carbocycles. The van der Waals surface area contributed by atoms with E-state index in [1.165, 1.54) is 0 Å². The molecule has 1 atom stereocenters. The van der Waals surface area contributed by atoms with E-state index >= 15 is 0 Å². The van der Waals surface area contributed by atoms with Crippen molar-refractivity contribution in [1.82, 2.24) is 0 Å². The molecule has 0 aliphatic rings. The van der Waals surface area contributed by atoms with Crippen LogP contribution in [0.25, 0.3) is 0 Å². The molecule has 0 saturated carbocycles. The fourth-order valence-corrected chi connectivity index (χ4v) is 2.11. The van der Waals surface area contributed by atoms with Crippen LogP contribution in [0, 0.1) is 0 Å². The van der Waals surface area contributed by atoms with Gasteiger partial charge in [-0.25, -0.2) is 0 Å². The van der Waals surface area contributed by atoms with Crippen molar-refractivity contribution in [2.75, 3.05) is 7.11 Å². The van der Waals surface area contributed by atoms with E-state index in [0.717, 1.165) is 16.9 Å². The van der Waals surface area contributed by atoms with Crippen molar-refractivity contribution in [3.8, 4) is 5.75 Å². The number of hydrogen-bond donors (Lipinski definition) is 1. The van der Waals surface area contributed by atoms with Gasteiger partial charge in [-0.2, -0.15) is 0 Å². The summed E-state index contributed by atoms with van der Waals surface area (Å²) in [4.78, 5) is 0. The average Bonchev–Trinajstić information content (AvgIpc) is 2.39. The van der Waals surface area contributed by atoms with Crippen LogP contribution >= 0.6 is 11.6 Å². The highest BCUT2D eigenvalue weighted by Gasteiger charge is 2.24. The van der Waals surface area contributed by atoms with Crippen molar-refractivity contribution < 1.29 is 4.74 Å². The molecule has 0 saturated heterocycles. The molecule has 0 heterocycles. The molecule has 2 rings (SSSR count). The lowest BCUT2D eigenvalue weighted by Gasteiger charge is -2.26. The van der Waals surface area contributed by atoms with Gasteiger partial charge in [-0.1, -0.05) is 35.9 Å². The van der Waals surface area contributed by atoms with Gasteiger partial charge in [0.1, 0.15) is 5.75 Å². The number of ether oxygens (including phenoxy) is 1. The van der Waals surface area contributed by atoms with Crippen molar-refractivity contribution in [3.63, 3.8) is 0 Å². The SMILES string of the molecule is COc1cccc(C(C)(N)c2cccc(Cl)c2)c1. The van der Waals surface area contributed by atoms with E-state index < -0.39 is 5.54 Å². The van der Waals surface area contributed by atoms with Crippen molar-refractivity contribution >= 4 is 11.6 Å². The van der Waals surface area contributed by atoms with E-state index in [2.05, 4.69) is 0 Å². The number of benzene rings is 2. The molecule has 18 heavy (non-hydrogen) atoms. The van der Waals surface area contributed by atoms with Gasteiger partial charge in [-0.3, -0.25) is 0 Å². The fraction of sp³-hybridized carbons (Fsp3) is 0.200. The minimum absolute atomic E-state index is 0.598. The lowest BCUT2D eigenvalue weighted by atomic mass is 9.86. The van der Waals surface area contributed by atoms with Crippen LogP contribution in [0.15, 0.2) is 48.5 Å². The van der Waals surface area contributed by atoms with Crippen LogP contribution < -0.4 is 10.5 Å². The van der Waals surface area contributed by atoms with Gasteiger partial charge in [0.15, 0.2) is 0 Å². The van der Waals surface area contributed by atoms with Gasteiger partial charge < -0.3 is 10.5 Å². The summed E-state index contributed by atoms with van der Waals surface area (Å²) in [6.45, 7) is 1.97. The largest absolute Gasteiger partial charge is 0.497 e. The van der Waals surface area contributed by atoms with E-state index in [4.69, 9.17) is 22.1 Å². The van der Waals surface area contributed by atoms with Gasteiger partial charge in [0.2, 0.25) is 0 Å². The first-order valence-electron chi connectivity index (χ1n) is 5.73. The molecule has 0 bridgehead atoms. The monoisotopic (exact) mass is 261 g/mol. The highest BCUT2D eigenvalue weighted by Crippen LogP contribution is 2.30. The quantitative estimate of drug-likeness (QED) is 0.917. The summed E-state index contributed by atoms with van der Waals surface area (Å²) in [6, 6.07) is 15.4. The molecule has 94 valence electrons. The molecule has 0 radical (unpaired) electrons. The molecule has 0 spiro atoms. The first kappa shape index (κ1) is 12.9. The Kier molecular flexibility index (Phi) is 3.60. The van der Waals surface area contributed by atoms with Crippen LogP contribution in [0.2, 0.25) is 5.02 Å². The summed E-state index contributed by atoms with van der Waals surface area (Å²) in [5.74, 6) is 0.797. The summed E-state index contributed by atoms with van der Waals surface area (Å²) in [7, 11) is 1.65. The van der Waals surface area contributed by atoms with Gasteiger partial charge in [0, 0.05) is 5.02 Å². The molecule has 0 aromatic heterocycles. The molecule has 2 N–H and O–H groups in total. The highest BCUT2D eigenvalue weighted by atomic mass is 35.5. The van der Waals surface area contributed by atoms with Crippen LogP contribution in [0.1, 0.15) is 18.1 Å². The molecule has 0 aliphatic heterocycles. The zero-order valence-electron chi connectivity index (χ0n) is 10.5. The molecular formula is C15H16ClNO. The van der Waals surface area contributed by atoms with Gasteiger partial charge >= 0.3 is 0 Å². The number of rotatable bonds is 3. The Bertz CT molecular complexity index is 552. The van der Waals surface area contributed by atoms with Gasteiger partial charge in [-0.15, -0.1) is 0 Å². The summed E-state index contributed by atoms with van der Waals surface area (Å²) >= 11 is 6.02. The Morgan fingerprint density at radius 3 is 2.28 bits per heavy atom. The zero-order valence-corrected chi connectivity index (χ0v) is 11.2. The third-order valence-electron chi connectivity index (χ3n) is 3.09. The van der Waals surface area contributed by atoms with Crippen LogP contribution in [0.5, 0.6) is 5.75 Å². The smallest absolute Gasteiger partial charge is 0.119 e. The topological polar surface area (TPSA) is 35.2 Å². The predicted octanol–water partition coefficient (Wildman–Crippen LogP) is 3.57. The maximum Gasteiger partial charge on any atom is 0.119 e. The summed E-state index contributed by atoms with van der Waals surface area (Å²) in [5.41, 5.74) is 7.81. The fourth-order valence-electron chi connectivity index (χ4n) is 1.92. The number of nitrogens with two attached hydrogens (primary N) is 1. The van der Waals surface area contributed by atoms with Gasteiger partial charge in [0.25, 0.3) is 0 Å². The summed E-state index contributed by atoms with van der Waals surface area (Å²) < 4.78 is 5.23. The Morgan fingerprint density at radius 2 is 1.67 bits per heavy atom. The lowest BCUT2D eigenvalue weighted by molar-refractivity contribution is 0.413. The van der Waals surface area contributed by atoms with Crippen molar-refractivity contribution in [2.24, 2.45) is 5.73 Å². The average molecular weight is 262 g/mol. The first-order chi connectivity index (χ1) is 8.54. The summed E-state index contributed by atoms with van der Waals surface area (Å²) in [6.07, 6.45) is 0. The second-order valence-corrected chi connectivity index (χ2v) is 4.88. The molecule has 1 unspecified atom stereocenters. The second kappa shape index (κ2) is 5.01. The lowest BCUT2D eigenvalue weighted by Crippen LogP contribution is -2.34. The standard InChI is InChI=1S/C15H16ClNO/c1-15(17,11-5-3-7-13(16)9-11)12-6-4-8-14(10-12)18-2/h3-10H,17H2,1-2H3. The molecule has 0 aliphatic carbocycles. The van der Waals surface area contributed by atoms with Crippen LogP contribution in [-0.2, 0) is 5.54 Å². The molecule has 2 nitrogen and oxygen atoms in total. The molecule has 2 aromatic rings. The highest BCUT2D eigenvalue weighted by molar-refractivity contribution is 6.30. The van der Waals surface area contributed by atoms with E-state index in [9.17, 15) is 0 Å². The van der Waals surface area contributed by atoms with Crippen molar-refractivity contribution in [1.29, 1.82) is 0 Å². The molecule has 3 heteroatoms. The molecule has 0 amide bonds. The van der Waals surface area contributed by atoms with E-state index in [-0.39, 0.29) is 0 Å². The number of halogens is 1. The third kappa shape index (κ3) is 2.50. The molecule has 0 fully saturated rings. The maximum atomic E-state index is 6.44. The maximum absolute atomic E-state index is 6.44. The third-order valence-corrected chi connectivity index (χ3v) is 3.33. The van der Waals surface area contributed by atoms with E-state index in [0.29, 0.717) is 5.02 Å². The Balaban J connectivity index is 2.46. The predicted molar refractivity (Wildman–Crippen MR) is 75.1 cm³/mol. The van der Waals surface area contributed by atoms with Gasteiger partial charge in [-0.05, 0) is 42.3 Å². The minimum atomic E-state index is -0.598. The minimum Gasteiger partial charge on any atom is -0.497 e. The number of methoxy groups -OCH3 is 1. The van der Waals surface area contributed by atoms with Crippen molar-refractivity contribution in [3.05, 3.63) is 64.7 Å². The first-order valence-corrected chi connectivity index (χ1v) is 6.11. The molecular weight excluding hydrogens is 246 g/mol. The Hall–Kier alpha value is -1.51. The van der Waals surface area contributed by atoms with Crippen LogP contribution in [-0.4, -0.2) is 7.11 Å². The van der Waals surface area contributed by atoms with Crippen molar-refractivity contribution in [2.45, 2.75) is 12.5 Å². The Labute approximate surface area is 112 Å². The zero-order chi connectivity index (χ0) is 13.2. The number of hydrogen-bond acceptors (Lipinski definition) is 2.